The van der Waals surface area contributed by atoms with Crippen molar-refractivity contribution in [3.8, 4) is 23.0 Å². The second-order valence-electron chi connectivity index (χ2n) is 8.71. The largest absolute Gasteiger partial charge is 0.497 e. The molecule has 4 rings (SSSR count). The third-order valence-electron chi connectivity index (χ3n) is 6.64. The Hall–Kier alpha value is -3.98. The highest BCUT2D eigenvalue weighted by Gasteiger charge is 2.30. The predicted octanol–water partition coefficient (Wildman–Crippen LogP) is 4.08. The molecule has 37 heavy (non-hydrogen) atoms. The lowest BCUT2D eigenvalue weighted by molar-refractivity contribution is 0.182. The molecule has 0 spiro atoms. The van der Waals surface area contributed by atoms with Crippen LogP contribution in [-0.4, -0.2) is 64.0 Å². The molecule has 0 radical (unpaired) electrons. The number of fused-ring (bicyclic) bond motifs is 1. The number of hydrogen-bond donors (Lipinski definition) is 2. The van der Waals surface area contributed by atoms with Crippen LogP contribution in [0.1, 0.15) is 22.7 Å². The smallest absolute Gasteiger partial charge is 0.319 e. The summed E-state index contributed by atoms with van der Waals surface area (Å²) in [6, 6.07) is 13.3. The summed E-state index contributed by atoms with van der Waals surface area (Å²) < 4.78 is 22.3. The zero-order valence-electron chi connectivity index (χ0n) is 21.7. The molecule has 0 aliphatic carbocycles. The number of anilines is 1. The lowest BCUT2D eigenvalue weighted by Gasteiger charge is -2.38. The van der Waals surface area contributed by atoms with Gasteiger partial charge in [0.15, 0.2) is 11.5 Å². The van der Waals surface area contributed by atoms with Crippen molar-refractivity contribution in [1.82, 2.24) is 15.2 Å². The summed E-state index contributed by atoms with van der Waals surface area (Å²) in [7, 11) is 6.64. The van der Waals surface area contributed by atoms with E-state index in [0.717, 1.165) is 35.8 Å². The average Bonchev–Trinajstić information content (AvgIpc) is 2.93. The predicted molar refractivity (Wildman–Crippen MR) is 142 cm³/mol. The summed E-state index contributed by atoms with van der Waals surface area (Å²) in [6.07, 6.45) is 4.85. The summed E-state index contributed by atoms with van der Waals surface area (Å²) in [5, 5.41) is 5.80. The maximum absolute atomic E-state index is 12.4. The summed E-state index contributed by atoms with van der Waals surface area (Å²) in [4.78, 5) is 18.8. The molecular formula is C28H34N4O5. The summed E-state index contributed by atoms with van der Waals surface area (Å²) >= 11 is 0. The Morgan fingerprint density at radius 2 is 1.68 bits per heavy atom. The molecule has 2 amide bonds. The molecule has 1 aliphatic heterocycles. The maximum atomic E-state index is 12.4. The van der Waals surface area contributed by atoms with Gasteiger partial charge < -0.3 is 29.6 Å². The molecule has 0 fully saturated rings. The maximum Gasteiger partial charge on any atom is 0.319 e. The molecule has 0 saturated heterocycles. The molecular weight excluding hydrogens is 472 g/mol. The molecule has 196 valence electrons. The van der Waals surface area contributed by atoms with E-state index in [1.54, 1.807) is 53.0 Å². The van der Waals surface area contributed by atoms with Crippen LogP contribution < -0.4 is 29.6 Å². The van der Waals surface area contributed by atoms with Crippen LogP contribution in [-0.2, 0) is 12.8 Å². The Labute approximate surface area is 217 Å². The lowest BCUT2D eigenvalue weighted by atomic mass is 9.87. The van der Waals surface area contributed by atoms with Gasteiger partial charge >= 0.3 is 6.03 Å². The zero-order valence-corrected chi connectivity index (χ0v) is 21.7. The number of pyridine rings is 1. The van der Waals surface area contributed by atoms with Crippen molar-refractivity contribution < 1.29 is 23.7 Å². The van der Waals surface area contributed by atoms with Gasteiger partial charge in [-0.15, -0.1) is 0 Å². The number of benzene rings is 2. The number of hydrogen-bond acceptors (Lipinski definition) is 7. The van der Waals surface area contributed by atoms with Crippen molar-refractivity contribution in [3.05, 3.63) is 71.5 Å². The van der Waals surface area contributed by atoms with Gasteiger partial charge in [-0.2, -0.15) is 0 Å². The van der Waals surface area contributed by atoms with E-state index in [4.69, 9.17) is 18.9 Å². The van der Waals surface area contributed by atoms with E-state index in [1.165, 1.54) is 11.1 Å². The summed E-state index contributed by atoms with van der Waals surface area (Å²) in [5.74, 6) is 3.01. The Morgan fingerprint density at radius 1 is 0.946 bits per heavy atom. The van der Waals surface area contributed by atoms with Crippen LogP contribution in [0.5, 0.6) is 23.0 Å². The Morgan fingerprint density at radius 3 is 2.38 bits per heavy atom. The van der Waals surface area contributed by atoms with Crippen LogP contribution in [0.25, 0.3) is 0 Å². The highest BCUT2D eigenvalue weighted by atomic mass is 16.5. The fourth-order valence-corrected chi connectivity index (χ4v) is 4.76. The first-order valence-corrected chi connectivity index (χ1v) is 12.2. The van der Waals surface area contributed by atoms with Crippen LogP contribution in [0.15, 0.2) is 54.9 Å². The number of rotatable bonds is 10. The van der Waals surface area contributed by atoms with Crippen LogP contribution in [0.2, 0.25) is 0 Å². The van der Waals surface area contributed by atoms with Gasteiger partial charge in [0.05, 0.1) is 28.4 Å². The molecule has 9 nitrogen and oxygen atoms in total. The number of nitrogens with zero attached hydrogens (tertiary/aromatic N) is 2. The van der Waals surface area contributed by atoms with Gasteiger partial charge in [0.2, 0.25) is 0 Å². The van der Waals surface area contributed by atoms with E-state index in [1.807, 2.05) is 18.2 Å². The SMILES string of the molecule is COc1ccc(OC)c(CC2c3cc(OC)c(OC)cc3CCN2CCNC(=O)Nc2ccncc2)c1. The third-order valence-corrected chi connectivity index (χ3v) is 6.64. The molecule has 2 heterocycles. The van der Waals surface area contributed by atoms with Gasteiger partial charge in [0.25, 0.3) is 0 Å². The van der Waals surface area contributed by atoms with Gasteiger partial charge in [0, 0.05) is 43.8 Å². The van der Waals surface area contributed by atoms with Crippen molar-refractivity contribution in [2.75, 3.05) is 53.4 Å². The van der Waals surface area contributed by atoms with Gasteiger partial charge in [-0.3, -0.25) is 9.88 Å². The van der Waals surface area contributed by atoms with Crippen molar-refractivity contribution >= 4 is 11.7 Å². The van der Waals surface area contributed by atoms with Crippen molar-refractivity contribution in [2.45, 2.75) is 18.9 Å². The minimum absolute atomic E-state index is 0.0367. The zero-order chi connectivity index (χ0) is 26.2. The number of methoxy groups -OCH3 is 4. The average molecular weight is 507 g/mol. The molecule has 2 aromatic carbocycles. The van der Waals surface area contributed by atoms with Crippen molar-refractivity contribution in [2.24, 2.45) is 0 Å². The first kappa shape index (κ1) is 26.1. The normalized spacial score (nSPS) is 14.9. The monoisotopic (exact) mass is 506 g/mol. The highest BCUT2D eigenvalue weighted by Crippen LogP contribution is 2.40. The number of carbonyl (C=O) groups is 1. The van der Waals surface area contributed by atoms with E-state index < -0.39 is 0 Å². The quantitative estimate of drug-likeness (QED) is 0.428. The molecule has 3 aromatic rings. The van der Waals surface area contributed by atoms with Crippen molar-refractivity contribution in [1.29, 1.82) is 0 Å². The van der Waals surface area contributed by atoms with E-state index in [0.29, 0.717) is 30.9 Å². The summed E-state index contributed by atoms with van der Waals surface area (Å²) in [5.41, 5.74) is 4.14. The lowest BCUT2D eigenvalue weighted by Crippen LogP contribution is -2.42. The van der Waals surface area contributed by atoms with Crippen molar-refractivity contribution in [3.63, 3.8) is 0 Å². The Balaban J connectivity index is 1.57. The third kappa shape index (κ3) is 6.24. The minimum Gasteiger partial charge on any atom is -0.497 e. The number of carbonyl (C=O) groups excluding carboxylic acids is 1. The summed E-state index contributed by atoms with van der Waals surface area (Å²) in [6.45, 7) is 2.01. The number of urea groups is 1. The number of nitrogens with one attached hydrogen (secondary N) is 2. The van der Waals surface area contributed by atoms with E-state index in [2.05, 4.69) is 32.7 Å². The molecule has 2 N–H and O–H groups in total. The topological polar surface area (TPSA) is 94.2 Å². The Kier molecular flexibility index (Phi) is 8.68. The fourth-order valence-electron chi connectivity index (χ4n) is 4.76. The van der Waals surface area contributed by atoms with Gasteiger partial charge in [-0.25, -0.2) is 4.79 Å². The first-order chi connectivity index (χ1) is 18.1. The molecule has 1 atom stereocenters. The molecule has 1 aromatic heterocycles. The molecule has 9 heteroatoms. The Bertz CT molecular complexity index is 1200. The van der Waals surface area contributed by atoms with Crippen LogP contribution in [0.3, 0.4) is 0 Å². The number of amides is 2. The highest BCUT2D eigenvalue weighted by molar-refractivity contribution is 5.89. The number of ether oxygens (including phenoxy) is 4. The van der Waals surface area contributed by atoms with Crippen LogP contribution in [0, 0.1) is 0 Å². The standard InChI is InChI=1S/C28H34N4O5/c1-34-22-5-6-25(35-2)20(15-22)16-24-23-18-27(37-4)26(36-3)17-19(23)9-13-32(24)14-12-30-28(33)31-21-7-10-29-11-8-21/h5-8,10-11,15,17-18,24H,9,12-14,16H2,1-4H3,(H2,29,30,31,33). The van der Waals surface area contributed by atoms with E-state index in [9.17, 15) is 4.79 Å². The minimum atomic E-state index is -0.249. The van der Waals surface area contributed by atoms with E-state index >= 15 is 0 Å². The van der Waals surface area contributed by atoms with Crippen LogP contribution >= 0.6 is 0 Å². The van der Waals surface area contributed by atoms with Crippen LogP contribution in [0.4, 0.5) is 10.5 Å². The van der Waals surface area contributed by atoms with Gasteiger partial charge in [-0.05, 0) is 72.0 Å². The first-order valence-electron chi connectivity index (χ1n) is 12.2. The van der Waals surface area contributed by atoms with E-state index in [-0.39, 0.29) is 12.1 Å². The number of aromatic nitrogens is 1. The molecule has 0 bridgehead atoms. The molecule has 1 aliphatic rings. The van der Waals surface area contributed by atoms with Gasteiger partial charge in [0.1, 0.15) is 11.5 Å². The molecule has 0 saturated carbocycles. The van der Waals surface area contributed by atoms with Gasteiger partial charge in [-0.1, -0.05) is 0 Å². The fraction of sp³-hybridized carbons (Fsp3) is 0.357. The molecule has 1 unspecified atom stereocenters. The second kappa shape index (κ2) is 12.3. The second-order valence-corrected chi connectivity index (χ2v) is 8.71.